The molecule has 4 aliphatic rings. The molecule has 2 aliphatic carbocycles. The molecule has 11 heteroatoms. The number of allylic oxidation sites excluding steroid dienone is 3. The number of piperazine rings is 1. The molecular weight excluding hydrogens is 620 g/mol. The molecular formula is C36H39ClN4O6. The number of aliphatic hydroxyl groups is 1. The van der Waals surface area contributed by atoms with Crippen LogP contribution in [0.25, 0.3) is 0 Å². The number of amides is 3. The highest BCUT2D eigenvalue weighted by molar-refractivity contribution is 6.31. The zero-order valence-corrected chi connectivity index (χ0v) is 27.4. The highest BCUT2D eigenvalue weighted by Crippen LogP contribution is 2.49. The summed E-state index contributed by atoms with van der Waals surface area (Å²) >= 11 is 7.00. The molecule has 3 amide bonds. The SMILES string of the molecule is CC1(C)CC(=O)C2=C(C1)NC1=C(O)CCC=C1N(C(=O)CCC(=O)N1CCNC(=O)C1)C2c1ccc(OCc2ccccc2)cc1Cl. The molecule has 2 aliphatic heterocycles. The zero-order valence-electron chi connectivity index (χ0n) is 26.6. The van der Waals surface area contributed by atoms with E-state index in [1.165, 1.54) is 9.80 Å². The maximum absolute atomic E-state index is 14.4. The predicted molar refractivity (Wildman–Crippen MR) is 176 cm³/mol. The first kappa shape index (κ1) is 32.4. The highest BCUT2D eigenvalue weighted by atomic mass is 35.5. The van der Waals surface area contributed by atoms with Crippen LogP contribution >= 0.6 is 11.6 Å². The standard InChI is InChI=1S/C36H39ClN4O6/c1-36(2)18-26-33(29(43)19-36)35(24-12-11-23(17-25(24)37)47-21-22-7-4-3-5-8-22)41(27-9-6-10-28(42)34(27)39-26)32(46)14-13-31(45)40-16-15-38-30(44)20-40/h3-5,7-9,11-12,17,35,39,42H,6,10,13-16,18-21H2,1-2H3,(H,38,44). The monoisotopic (exact) mass is 658 g/mol. The molecule has 2 aromatic rings. The Balaban J connectivity index is 1.40. The van der Waals surface area contributed by atoms with E-state index in [-0.39, 0.29) is 54.6 Å². The van der Waals surface area contributed by atoms with Crippen molar-refractivity contribution < 1.29 is 29.0 Å². The van der Waals surface area contributed by atoms with Gasteiger partial charge in [-0.15, -0.1) is 0 Å². The van der Waals surface area contributed by atoms with Gasteiger partial charge in [-0.3, -0.25) is 24.1 Å². The van der Waals surface area contributed by atoms with E-state index >= 15 is 0 Å². The number of carbonyl (C=O) groups is 4. The summed E-state index contributed by atoms with van der Waals surface area (Å²) in [5.74, 6) is -0.448. The first-order chi connectivity index (χ1) is 22.5. The lowest BCUT2D eigenvalue weighted by atomic mass is 9.73. The minimum Gasteiger partial charge on any atom is -0.510 e. The molecule has 2 aromatic carbocycles. The van der Waals surface area contributed by atoms with Crippen molar-refractivity contribution in [2.45, 2.75) is 65.0 Å². The van der Waals surface area contributed by atoms with Crippen LogP contribution < -0.4 is 15.4 Å². The van der Waals surface area contributed by atoms with E-state index < -0.39 is 11.9 Å². The number of nitrogens with zero attached hydrogens (tertiary/aromatic N) is 2. The van der Waals surface area contributed by atoms with Crippen molar-refractivity contribution in [1.29, 1.82) is 0 Å². The van der Waals surface area contributed by atoms with Gasteiger partial charge in [0.1, 0.15) is 23.8 Å². The summed E-state index contributed by atoms with van der Waals surface area (Å²) in [7, 11) is 0. The normalized spacial score (nSPS) is 20.8. The number of nitrogens with one attached hydrogen (secondary N) is 2. The Kier molecular flexibility index (Phi) is 9.14. The third kappa shape index (κ3) is 6.93. The van der Waals surface area contributed by atoms with Crippen molar-refractivity contribution in [3.63, 3.8) is 0 Å². The van der Waals surface area contributed by atoms with Crippen molar-refractivity contribution in [2.75, 3.05) is 19.6 Å². The molecule has 6 rings (SSSR count). The van der Waals surface area contributed by atoms with Crippen molar-refractivity contribution >= 4 is 35.1 Å². The summed E-state index contributed by atoms with van der Waals surface area (Å²) in [6.45, 7) is 5.05. The van der Waals surface area contributed by atoms with Crippen LogP contribution in [0.2, 0.25) is 5.02 Å². The van der Waals surface area contributed by atoms with Gasteiger partial charge in [-0.1, -0.05) is 67.9 Å². The van der Waals surface area contributed by atoms with E-state index in [2.05, 4.69) is 10.6 Å². The first-order valence-electron chi connectivity index (χ1n) is 16.0. The first-order valence-corrected chi connectivity index (χ1v) is 16.4. The van der Waals surface area contributed by atoms with Gasteiger partial charge in [0.05, 0.1) is 18.3 Å². The lowest BCUT2D eigenvalue weighted by Gasteiger charge is -2.37. The zero-order chi connectivity index (χ0) is 33.3. The summed E-state index contributed by atoms with van der Waals surface area (Å²) < 4.78 is 6.02. The quantitative estimate of drug-likeness (QED) is 0.372. The molecule has 1 saturated heterocycles. The van der Waals surface area contributed by atoms with E-state index in [1.807, 2.05) is 50.3 Å². The average Bonchev–Trinajstić information content (AvgIpc) is 3.18. The molecule has 10 nitrogen and oxygen atoms in total. The summed E-state index contributed by atoms with van der Waals surface area (Å²) in [6, 6.07) is 14.1. The Hall–Kier alpha value is -4.57. The van der Waals surface area contributed by atoms with E-state index in [0.717, 1.165) is 5.56 Å². The molecule has 2 heterocycles. The highest BCUT2D eigenvalue weighted by Gasteiger charge is 2.45. The fraction of sp³-hybridized carbons (Fsp3) is 0.389. The lowest BCUT2D eigenvalue weighted by molar-refractivity contribution is -0.140. The maximum Gasteiger partial charge on any atom is 0.239 e. The average molecular weight is 659 g/mol. The van der Waals surface area contributed by atoms with Gasteiger partial charge < -0.3 is 25.4 Å². The van der Waals surface area contributed by atoms with E-state index in [9.17, 15) is 24.3 Å². The van der Waals surface area contributed by atoms with Gasteiger partial charge in [0.25, 0.3) is 0 Å². The Morgan fingerprint density at radius 2 is 1.83 bits per heavy atom. The molecule has 0 bridgehead atoms. The third-order valence-corrected chi connectivity index (χ3v) is 9.31. The topological polar surface area (TPSA) is 128 Å². The molecule has 3 N–H and O–H groups in total. The smallest absolute Gasteiger partial charge is 0.239 e. The number of benzene rings is 2. The summed E-state index contributed by atoms with van der Waals surface area (Å²) in [5.41, 5.74) is 3.03. The Bertz CT molecular complexity index is 1710. The van der Waals surface area contributed by atoms with Gasteiger partial charge in [-0.25, -0.2) is 0 Å². The summed E-state index contributed by atoms with van der Waals surface area (Å²) in [6.07, 6.45) is 3.23. The second kappa shape index (κ2) is 13.3. The van der Waals surface area contributed by atoms with Crippen LogP contribution in [0.3, 0.4) is 0 Å². The van der Waals surface area contributed by atoms with Gasteiger partial charge in [-0.05, 0) is 41.5 Å². The van der Waals surface area contributed by atoms with Crippen LogP contribution in [-0.2, 0) is 25.8 Å². The van der Waals surface area contributed by atoms with Crippen LogP contribution in [0.5, 0.6) is 5.75 Å². The Morgan fingerprint density at radius 3 is 2.57 bits per heavy atom. The van der Waals surface area contributed by atoms with Gasteiger partial charge >= 0.3 is 0 Å². The number of rotatable bonds is 7. The van der Waals surface area contributed by atoms with E-state index in [1.54, 1.807) is 18.2 Å². The van der Waals surface area contributed by atoms with Crippen molar-refractivity contribution in [2.24, 2.45) is 5.41 Å². The predicted octanol–water partition coefficient (Wildman–Crippen LogP) is 5.22. The molecule has 1 unspecified atom stereocenters. The minimum atomic E-state index is -0.921. The number of carbonyl (C=O) groups excluding carboxylic acids is 4. The molecule has 0 saturated carbocycles. The van der Waals surface area contributed by atoms with Gasteiger partial charge in [-0.2, -0.15) is 0 Å². The largest absolute Gasteiger partial charge is 0.510 e. The van der Waals surface area contributed by atoms with Gasteiger partial charge in [0, 0.05) is 55.1 Å². The van der Waals surface area contributed by atoms with Crippen molar-refractivity contribution in [1.82, 2.24) is 20.4 Å². The third-order valence-electron chi connectivity index (χ3n) is 8.98. The Morgan fingerprint density at radius 1 is 1.06 bits per heavy atom. The Labute approximate surface area is 279 Å². The number of halogens is 1. The van der Waals surface area contributed by atoms with E-state index in [4.69, 9.17) is 16.3 Å². The van der Waals surface area contributed by atoms with E-state index in [0.29, 0.717) is 78.0 Å². The minimum absolute atomic E-state index is 0.0516. The lowest BCUT2D eigenvalue weighted by Crippen LogP contribution is -2.50. The number of ether oxygens (including phenoxy) is 1. The number of aliphatic hydroxyl groups excluding tert-OH is 1. The second-order valence-corrected chi connectivity index (χ2v) is 13.6. The molecule has 47 heavy (non-hydrogen) atoms. The number of hydrogen-bond donors (Lipinski definition) is 3. The fourth-order valence-electron chi connectivity index (χ4n) is 6.74. The molecule has 246 valence electrons. The maximum atomic E-state index is 14.4. The van der Waals surface area contributed by atoms with Crippen LogP contribution in [0.15, 0.2) is 83.0 Å². The van der Waals surface area contributed by atoms with Crippen LogP contribution in [0, 0.1) is 5.41 Å². The summed E-state index contributed by atoms with van der Waals surface area (Å²) in [5, 5.41) is 17.5. The summed E-state index contributed by atoms with van der Waals surface area (Å²) in [4.78, 5) is 56.4. The number of hydrogen-bond acceptors (Lipinski definition) is 7. The number of ketones is 1. The molecule has 0 aromatic heterocycles. The number of fused-ring (bicyclic) bond motifs is 1. The second-order valence-electron chi connectivity index (χ2n) is 13.2. The molecule has 1 fully saturated rings. The molecule has 0 radical (unpaired) electrons. The van der Waals surface area contributed by atoms with Crippen LogP contribution in [-0.4, -0.2) is 58.0 Å². The molecule has 0 spiro atoms. The van der Waals surface area contributed by atoms with Crippen LogP contribution in [0.1, 0.15) is 69.5 Å². The van der Waals surface area contributed by atoms with Crippen molar-refractivity contribution in [3.05, 3.63) is 99.2 Å². The number of Topliss-reactive ketones (excluding diaryl/α,β-unsaturated/α-hetero) is 1. The van der Waals surface area contributed by atoms with Gasteiger partial charge in [0.15, 0.2) is 5.78 Å². The van der Waals surface area contributed by atoms with Crippen LogP contribution in [0.4, 0.5) is 0 Å². The van der Waals surface area contributed by atoms with Gasteiger partial charge in [0.2, 0.25) is 17.7 Å². The fourth-order valence-corrected chi connectivity index (χ4v) is 7.01. The molecule has 1 atom stereocenters. The van der Waals surface area contributed by atoms with Crippen molar-refractivity contribution in [3.8, 4) is 5.75 Å².